The lowest BCUT2D eigenvalue weighted by Crippen LogP contribution is -2.14. The Kier molecular flexibility index (Phi) is 6.13. The van der Waals surface area contributed by atoms with Gasteiger partial charge in [-0.3, -0.25) is 0 Å². The fraction of sp³-hybridized carbons (Fsp3) is 0.278. The molecule has 0 unspecified atom stereocenters. The first kappa shape index (κ1) is 16.2. The van der Waals surface area contributed by atoms with Crippen molar-refractivity contribution in [2.45, 2.75) is 26.6 Å². The summed E-state index contributed by atoms with van der Waals surface area (Å²) in [5, 5.41) is 12.3. The number of ether oxygens (including phenoxy) is 1. The van der Waals surface area contributed by atoms with Gasteiger partial charge >= 0.3 is 5.97 Å². The summed E-state index contributed by atoms with van der Waals surface area (Å²) in [5.74, 6) is -0.899. The van der Waals surface area contributed by atoms with Gasteiger partial charge in [-0.05, 0) is 35.7 Å². The Balaban J connectivity index is 1.89. The molecule has 2 aromatic carbocycles. The van der Waals surface area contributed by atoms with Gasteiger partial charge in [-0.2, -0.15) is 0 Å². The van der Waals surface area contributed by atoms with Crippen molar-refractivity contribution in [3.8, 4) is 0 Å². The summed E-state index contributed by atoms with van der Waals surface area (Å²) in [6.07, 6.45) is 0. The number of rotatable bonds is 8. The van der Waals surface area contributed by atoms with Crippen LogP contribution < -0.4 is 5.32 Å². The Bertz CT molecular complexity index is 608. The van der Waals surface area contributed by atoms with E-state index >= 15 is 0 Å². The van der Waals surface area contributed by atoms with E-state index in [1.54, 1.807) is 12.1 Å². The molecule has 2 aromatic rings. The van der Waals surface area contributed by atoms with Crippen LogP contribution in [0.2, 0.25) is 0 Å². The summed E-state index contributed by atoms with van der Waals surface area (Å²) in [7, 11) is 0. The predicted octanol–water partition coefficient (Wildman–Crippen LogP) is 3.21. The van der Waals surface area contributed by atoms with Crippen molar-refractivity contribution >= 4 is 5.97 Å². The first-order chi connectivity index (χ1) is 10.7. The van der Waals surface area contributed by atoms with Crippen LogP contribution in [0.15, 0.2) is 48.5 Å². The minimum Gasteiger partial charge on any atom is -0.478 e. The Hall–Kier alpha value is -2.17. The SMILES string of the molecule is CCOCc1ccccc1CNCc1ccc(C(=O)O)cc1. The van der Waals surface area contributed by atoms with Gasteiger partial charge in [0.1, 0.15) is 0 Å². The normalized spacial score (nSPS) is 10.6. The number of benzene rings is 2. The van der Waals surface area contributed by atoms with Gasteiger partial charge in [0.2, 0.25) is 0 Å². The molecule has 0 radical (unpaired) electrons. The molecule has 116 valence electrons. The van der Waals surface area contributed by atoms with E-state index in [4.69, 9.17) is 9.84 Å². The molecule has 0 saturated heterocycles. The first-order valence-electron chi connectivity index (χ1n) is 7.38. The Morgan fingerprint density at radius 3 is 2.36 bits per heavy atom. The molecule has 0 heterocycles. The molecule has 4 heteroatoms. The van der Waals surface area contributed by atoms with Crippen LogP contribution in [0, 0.1) is 0 Å². The molecule has 0 fully saturated rings. The number of aromatic carboxylic acids is 1. The molecular weight excluding hydrogens is 278 g/mol. The number of hydrogen-bond acceptors (Lipinski definition) is 3. The van der Waals surface area contributed by atoms with Crippen molar-refractivity contribution in [2.75, 3.05) is 6.61 Å². The maximum atomic E-state index is 10.8. The van der Waals surface area contributed by atoms with Gasteiger partial charge in [0, 0.05) is 19.7 Å². The van der Waals surface area contributed by atoms with Crippen LogP contribution in [0.4, 0.5) is 0 Å². The average molecular weight is 299 g/mol. The fourth-order valence-corrected chi connectivity index (χ4v) is 2.19. The highest BCUT2D eigenvalue weighted by atomic mass is 16.5. The average Bonchev–Trinajstić information content (AvgIpc) is 2.54. The zero-order valence-corrected chi connectivity index (χ0v) is 12.7. The molecule has 0 spiro atoms. The highest BCUT2D eigenvalue weighted by molar-refractivity contribution is 5.87. The lowest BCUT2D eigenvalue weighted by Gasteiger charge is -2.11. The number of carboxylic acid groups (broad SMARTS) is 1. The van der Waals surface area contributed by atoms with Gasteiger partial charge in [0.05, 0.1) is 12.2 Å². The summed E-state index contributed by atoms with van der Waals surface area (Å²) in [5.41, 5.74) is 3.79. The molecule has 0 saturated carbocycles. The van der Waals surface area contributed by atoms with E-state index in [1.807, 2.05) is 31.2 Å². The second-order valence-corrected chi connectivity index (χ2v) is 5.01. The van der Waals surface area contributed by atoms with Crippen LogP contribution in [-0.2, 0) is 24.4 Å². The monoisotopic (exact) mass is 299 g/mol. The van der Waals surface area contributed by atoms with Crippen molar-refractivity contribution in [1.82, 2.24) is 5.32 Å². The van der Waals surface area contributed by atoms with E-state index in [0.29, 0.717) is 25.3 Å². The summed E-state index contributed by atoms with van der Waals surface area (Å²) in [4.78, 5) is 10.8. The number of carbonyl (C=O) groups is 1. The highest BCUT2D eigenvalue weighted by Gasteiger charge is 2.03. The Labute approximate surface area is 130 Å². The lowest BCUT2D eigenvalue weighted by atomic mass is 10.1. The summed E-state index contributed by atoms with van der Waals surface area (Å²) >= 11 is 0. The molecular formula is C18H21NO3. The summed E-state index contributed by atoms with van der Waals surface area (Å²) < 4.78 is 5.48. The van der Waals surface area contributed by atoms with Crippen molar-refractivity contribution in [2.24, 2.45) is 0 Å². The Morgan fingerprint density at radius 2 is 1.73 bits per heavy atom. The van der Waals surface area contributed by atoms with Crippen molar-refractivity contribution in [3.63, 3.8) is 0 Å². The van der Waals surface area contributed by atoms with Gasteiger partial charge in [-0.25, -0.2) is 4.79 Å². The molecule has 2 N–H and O–H groups in total. The smallest absolute Gasteiger partial charge is 0.335 e. The summed E-state index contributed by atoms with van der Waals surface area (Å²) in [6, 6.07) is 15.1. The first-order valence-corrected chi connectivity index (χ1v) is 7.38. The summed E-state index contributed by atoms with van der Waals surface area (Å²) in [6.45, 7) is 4.77. The minimum atomic E-state index is -0.899. The van der Waals surface area contributed by atoms with Crippen molar-refractivity contribution in [3.05, 3.63) is 70.8 Å². The van der Waals surface area contributed by atoms with Gasteiger partial charge in [-0.1, -0.05) is 36.4 Å². The van der Waals surface area contributed by atoms with Crippen molar-refractivity contribution in [1.29, 1.82) is 0 Å². The molecule has 0 atom stereocenters. The predicted molar refractivity (Wildman–Crippen MR) is 85.7 cm³/mol. The van der Waals surface area contributed by atoms with E-state index in [1.165, 1.54) is 11.1 Å². The van der Waals surface area contributed by atoms with Crippen LogP contribution in [0.25, 0.3) is 0 Å². The van der Waals surface area contributed by atoms with Gasteiger partial charge < -0.3 is 15.2 Å². The van der Waals surface area contributed by atoms with Crippen LogP contribution in [-0.4, -0.2) is 17.7 Å². The third-order valence-electron chi connectivity index (χ3n) is 3.43. The van der Waals surface area contributed by atoms with Crippen LogP contribution >= 0.6 is 0 Å². The van der Waals surface area contributed by atoms with E-state index in [9.17, 15) is 4.79 Å². The van der Waals surface area contributed by atoms with Gasteiger partial charge in [-0.15, -0.1) is 0 Å². The molecule has 0 aromatic heterocycles. The van der Waals surface area contributed by atoms with E-state index < -0.39 is 5.97 Å². The third kappa shape index (κ3) is 4.69. The largest absolute Gasteiger partial charge is 0.478 e. The lowest BCUT2D eigenvalue weighted by molar-refractivity contribution is 0.0697. The minimum absolute atomic E-state index is 0.311. The topological polar surface area (TPSA) is 58.6 Å². The van der Waals surface area contributed by atoms with Gasteiger partial charge in [0.25, 0.3) is 0 Å². The maximum absolute atomic E-state index is 10.8. The molecule has 0 aliphatic heterocycles. The number of carboxylic acids is 1. The molecule has 22 heavy (non-hydrogen) atoms. The third-order valence-corrected chi connectivity index (χ3v) is 3.43. The van der Waals surface area contributed by atoms with Crippen molar-refractivity contribution < 1.29 is 14.6 Å². The molecule has 0 bridgehead atoms. The van der Waals surface area contributed by atoms with Crippen LogP contribution in [0.5, 0.6) is 0 Å². The van der Waals surface area contributed by atoms with E-state index in [-0.39, 0.29) is 0 Å². The molecule has 0 amide bonds. The standard InChI is InChI=1S/C18H21NO3/c1-2-22-13-17-6-4-3-5-16(17)12-19-11-14-7-9-15(10-8-14)18(20)21/h3-10,19H,2,11-13H2,1H3,(H,20,21). The molecule has 0 aliphatic rings. The molecule has 4 nitrogen and oxygen atoms in total. The zero-order valence-electron chi connectivity index (χ0n) is 12.7. The van der Waals surface area contributed by atoms with E-state index in [0.717, 1.165) is 12.1 Å². The molecule has 2 rings (SSSR count). The number of hydrogen-bond donors (Lipinski definition) is 2. The fourth-order valence-electron chi connectivity index (χ4n) is 2.19. The second-order valence-electron chi connectivity index (χ2n) is 5.01. The van der Waals surface area contributed by atoms with Crippen LogP contribution in [0.3, 0.4) is 0 Å². The maximum Gasteiger partial charge on any atom is 0.335 e. The second kappa shape index (κ2) is 8.32. The number of nitrogens with one attached hydrogen (secondary N) is 1. The zero-order chi connectivity index (χ0) is 15.8. The van der Waals surface area contributed by atoms with Gasteiger partial charge in [0.15, 0.2) is 0 Å². The highest BCUT2D eigenvalue weighted by Crippen LogP contribution is 2.11. The molecule has 0 aliphatic carbocycles. The van der Waals surface area contributed by atoms with Crippen LogP contribution in [0.1, 0.15) is 34.0 Å². The Morgan fingerprint density at radius 1 is 1.05 bits per heavy atom. The quantitative estimate of drug-likeness (QED) is 0.786. The van der Waals surface area contributed by atoms with E-state index in [2.05, 4.69) is 17.4 Å².